The molecular formula is C19H20ClNO5S. The van der Waals surface area contributed by atoms with Gasteiger partial charge in [-0.1, -0.05) is 11.6 Å². The second kappa shape index (κ2) is 7.78. The van der Waals surface area contributed by atoms with E-state index < -0.39 is 15.1 Å². The lowest BCUT2D eigenvalue weighted by Gasteiger charge is -2.19. The van der Waals surface area contributed by atoms with Gasteiger partial charge in [-0.2, -0.15) is 0 Å². The molecule has 8 heteroatoms. The largest absolute Gasteiger partial charge is 0.497 e. The van der Waals surface area contributed by atoms with Crippen LogP contribution in [-0.2, 0) is 9.84 Å². The number of ether oxygens (including phenoxy) is 2. The molecule has 1 saturated heterocycles. The molecule has 1 amide bonds. The van der Waals surface area contributed by atoms with E-state index in [4.69, 9.17) is 21.1 Å². The van der Waals surface area contributed by atoms with Crippen LogP contribution in [0.1, 0.15) is 16.8 Å². The van der Waals surface area contributed by atoms with Crippen LogP contribution in [0.15, 0.2) is 47.4 Å². The van der Waals surface area contributed by atoms with Crippen LogP contribution in [0.25, 0.3) is 0 Å². The average Bonchev–Trinajstić information content (AvgIpc) is 3.18. The number of benzene rings is 2. The number of hydrogen-bond acceptors (Lipinski definition) is 5. The van der Waals surface area contributed by atoms with E-state index in [1.54, 1.807) is 35.2 Å². The Balaban J connectivity index is 1.79. The van der Waals surface area contributed by atoms with E-state index in [1.165, 1.54) is 26.4 Å². The predicted molar refractivity (Wildman–Crippen MR) is 102 cm³/mol. The number of amides is 1. The van der Waals surface area contributed by atoms with E-state index in [1.807, 2.05) is 0 Å². The summed E-state index contributed by atoms with van der Waals surface area (Å²) in [6, 6.07) is 11.0. The van der Waals surface area contributed by atoms with Crippen molar-refractivity contribution in [3.8, 4) is 11.5 Å². The van der Waals surface area contributed by atoms with E-state index in [-0.39, 0.29) is 17.3 Å². The molecular weight excluding hydrogens is 390 g/mol. The standard InChI is InChI=1S/C19H20ClNO5S/c1-25-14-5-8-17(18(11-14)26-2)19(22)21-10-9-16(12-21)27(23,24)15-6-3-13(20)4-7-15/h3-8,11,16H,9-10,12H2,1-2H3. The second-order valence-corrected chi connectivity index (χ2v) is 8.89. The van der Waals surface area contributed by atoms with Gasteiger partial charge in [-0.3, -0.25) is 4.79 Å². The Kier molecular flexibility index (Phi) is 5.62. The van der Waals surface area contributed by atoms with Gasteiger partial charge in [-0.15, -0.1) is 0 Å². The first-order valence-electron chi connectivity index (χ1n) is 8.37. The molecule has 0 N–H and O–H groups in total. The number of halogens is 1. The van der Waals surface area contributed by atoms with Crippen molar-refractivity contribution in [1.82, 2.24) is 4.90 Å². The molecule has 27 heavy (non-hydrogen) atoms. The maximum Gasteiger partial charge on any atom is 0.257 e. The number of rotatable bonds is 5. The number of hydrogen-bond donors (Lipinski definition) is 0. The highest BCUT2D eigenvalue weighted by Crippen LogP contribution is 2.29. The van der Waals surface area contributed by atoms with Crippen LogP contribution >= 0.6 is 11.6 Å². The van der Waals surface area contributed by atoms with Gasteiger partial charge in [-0.25, -0.2) is 8.42 Å². The number of sulfone groups is 1. The Morgan fingerprint density at radius 3 is 2.44 bits per heavy atom. The Hall–Kier alpha value is -2.25. The SMILES string of the molecule is COc1ccc(C(=O)N2CCC(S(=O)(=O)c3ccc(Cl)cc3)C2)c(OC)c1. The third kappa shape index (κ3) is 3.89. The van der Waals surface area contributed by atoms with Crippen molar-refractivity contribution in [2.75, 3.05) is 27.3 Å². The number of methoxy groups -OCH3 is 2. The van der Waals surface area contributed by atoms with Crippen molar-refractivity contribution in [3.05, 3.63) is 53.1 Å². The molecule has 0 radical (unpaired) electrons. The van der Waals surface area contributed by atoms with Crippen LogP contribution in [-0.4, -0.2) is 51.8 Å². The van der Waals surface area contributed by atoms with E-state index >= 15 is 0 Å². The van der Waals surface area contributed by atoms with Crippen LogP contribution in [0.2, 0.25) is 5.02 Å². The molecule has 1 aliphatic heterocycles. The molecule has 1 unspecified atom stereocenters. The number of nitrogens with zero attached hydrogens (tertiary/aromatic N) is 1. The summed E-state index contributed by atoms with van der Waals surface area (Å²) in [7, 11) is -0.528. The highest BCUT2D eigenvalue weighted by molar-refractivity contribution is 7.92. The van der Waals surface area contributed by atoms with E-state index in [0.717, 1.165) is 0 Å². The predicted octanol–water partition coefficient (Wildman–Crippen LogP) is 3.05. The molecule has 1 heterocycles. The zero-order valence-corrected chi connectivity index (χ0v) is 16.6. The summed E-state index contributed by atoms with van der Waals surface area (Å²) in [6.07, 6.45) is 0.384. The zero-order chi connectivity index (χ0) is 19.6. The van der Waals surface area contributed by atoms with Crippen molar-refractivity contribution >= 4 is 27.3 Å². The van der Waals surface area contributed by atoms with Crippen molar-refractivity contribution in [2.24, 2.45) is 0 Å². The van der Waals surface area contributed by atoms with Gasteiger partial charge in [0, 0.05) is 24.2 Å². The Morgan fingerprint density at radius 2 is 1.81 bits per heavy atom. The Bertz CT molecular complexity index is 943. The van der Waals surface area contributed by atoms with Crippen LogP contribution in [0, 0.1) is 0 Å². The summed E-state index contributed by atoms with van der Waals surface area (Å²) in [5.41, 5.74) is 0.378. The van der Waals surface area contributed by atoms with Gasteiger partial charge in [0.1, 0.15) is 11.5 Å². The third-order valence-corrected chi connectivity index (χ3v) is 7.10. The first-order valence-corrected chi connectivity index (χ1v) is 10.3. The molecule has 2 aromatic rings. The zero-order valence-electron chi connectivity index (χ0n) is 15.0. The second-order valence-electron chi connectivity index (χ2n) is 6.23. The van der Waals surface area contributed by atoms with Gasteiger partial charge in [-0.05, 0) is 42.8 Å². The van der Waals surface area contributed by atoms with Crippen LogP contribution < -0.4 is 9.47 Å². The van der Waals surface area contributed by atoms with Crippen LogP contribution in [0.5, 0.6) is 11.5 Å². The fourth-order valence-electron chi connectivity index (χ4n) is 3.13. The molecule has 0 bridgehead atoms. The van der Waals surface area contributed by atoms with Crippen LogP contribution in [0.3, 0.4) is 0 Å². The highest BCUT2D eigenvalue weighted by Gasteiger charge is 2.37. The maximum absolute atomic E-state index is 12.9. The molecule has 3 rings (SSSR count). The molecule has 0 saturated carbocycles. The lowest BCUT2D eigenvalue weighted by atomic mass is 10.1. The Labute approximate surface area is 163 Å². The fraction of sp³-hybridized carbons (Fsp3) is 0.316. The Morgan fingerprint density at radius 1 is 1.11 bits per heavy atom. The molecule has 0 spiro atoms. The van der Waals surface area contributed by atoms with Crippen molar-refractivity contribution in [3.63, 3.8) is 0 Å². The molecule has 144 valence electrons. The van der Waals surface area contributed by atoms with Gasteiger partial charge in [0.05, 0.1) is 29.9 Å². The van der Waals surface area contributed by atoms with Gasteiger partial charge in [0.2, 0.25) is 0 Å². The van der Waals surface area contributed by atoms with Crippen molar-refractivity contribution in [2.45, 2.75) is 16.6 Å². The topological polar surface area (TPSA) is 72.9 Å². The fourth-order valence-corrected chi connectivity index (χ4v) is 4.95. The molecule has 2 aromatic carbocycles. The normalized spacial score (nSPS) is 17.0. The smallest absolute Gasteiger partial charge is 0.257 e. The summed E-state index contributed by atoms with van der Waals surface area (Å²) in [5.74, 6) is 0.708. The summed E-state index contributed by atoms with van der Waals surface area (Å²) in [4.78, 5) is 14.6. The van der Waals surface area contributed by atoms with Crippen molar-refractivity contribution < 1.29 is 22.7 Å². The molecule has 0 aromatic heterocycles. The molecule has 1 atom stereocenters. The summed E-state index contributed by atoms with van der Waals surface area (Å²) < 4.78 is 36.1. The first-order chi connectivity index (χ1) is 12.9. The monoisotopic (exact) mass is 409 g/mol. The maximum atomic E-state index is 12.9. The lowest BCUT2D eigenvalue weighted by Crippen LogP contribution is -2.32. The molecule has 6 nitrogen and oxygen atoms in total. The minimum atomic E-state index is -3.53. The van der Waals surface area contributed by atoms with Gasteiger partial charge < -0.3 is 14.4 Å². The quantitative estimate of drug-likeness (QED) is 0.758. The third-order valence-electron chi connectivity index (χ3n) is 4.65. The van der Waals surface area contributed by atoms with Gasteiger partial charge in [0.15, 0.2) is 9.84 Å². The van der Waals surface area contributed by atoms with Crippen LogP contribution in [0.4, 0.5) is 0 Å². The average molecular weight is 410 g/mol. The first kappa shape index (κ1) is 19.5. The minimum absolute atomic E-state index is 0.138. The molecule has 1 aliphatic rings. The molecule has 1 fully saturated rings. The van der Waals surface area contributed by atoms with Gasteiger partial charge in [0.25, 0.3) is 5.91 Å². The highest BCUT2D eigenvalue weighted by atomic mass is 35.5. The summed E-state index contributed by atoms with van der Waals surface area (Å²) in [6.45, 7) is 0.504. The van der Waals surface area contributed by atoms with E-state index in [0.29, 0.717) is 35.1 Å². The number of carbonyl (C=O) groups is 1. The minimum Gasteiger partial charge on any atom is -0.497 e. The van der Waals surface area contributed by atoms with E-state index in [2.05, 4.69) is 0 Å². The molecule has 0 aliphatic carbocycles. The summed E-state index contributed by atoms with van der Waals surface area (Å²) >= 11 is 5.84. The lowest BCUT2D eigenvalue weighted by molar-refractivity contribution is 0.0789. The van der Waals surface area contributed by atoms with Crippen molar-refractivity contribution in [1.29, 1.82) is 0 Å². The number of likely N-dealkylation sites (tertiary alicyclic amines) is 1. The van der Waals surface area contributed by atoms with Gasteiger partial charge >= 0.3 is 0 Å². The number of carbonyl (C=O) groups excluding carboxylic acids is 1. The van der Waals surface area contributed by atoms with E-state index in [9.17, 15) is 13.2 Å². The summed E-state index contributed by atoms with van der Waals surface area (Å²) in [5, 5.41) is -0.171.